The fourth-order valence-electron chi connectivity index (χ4n) is 2.25. The van der Waals surface area contributed by atoms with Crippen LogP contribution in [-0.4, -0.2) is 17.3 Å². The largest absolute Gasteiger partial charge is 0.573 e. The van der Waals surface area contributed by atoms with E-state index in [9.17, 15) is 18.0 Å². The number of rotatable bonds is 5. The maximum Gasteiger partial charge on any atom is 0.573 e. The van der Waals surface area contributed by atoms with E-state index in [4.69, 9.17) is 4.42 Å². The van der Waals surface area contributed by atoms with Gasteiger partial charge in [-0.15, -0.1) is 13.2 Å². The highest BCUT2D eigenvalue weighted by molar-refractivity contribution is 5.94. The lowest BCUT2D eigenvalue weighted by Crippen LogP contribution is -2.23. The molecule has 5 nitrogen and oxygen atoms in total. The van der Waals surface area contributed by atoms with Gasteiger partial charge in [-0.2, -0.15) is 0 Å². The number of halogens is 3. The highest BCUT2D eigenvalue weighted by atomic mass is 19.4. The second-order valence-electron chi connectivity index (χ2n) is 5.31. The topological polar surface area (TPSA) is 64.4 Å². The number of carbonyl (C=O) groups is 1. The molecule has 1 aromatic carbocycles. The third kappa shape index (κ3) is 4.62. The molecule has 1 amide bonds. The van der Waals surface area contributed by atoms with Gasteiger partial charge in [-0.25, -0.2) is 0 Å². The molecule has 1 N–H and O–H groups in total. The Morgan fingerprint density at radius 3 is 2.58 bits per heavy atom. The smallest absolute Gasteiger partial charge is 0.464 e. The van der Waals surface area contributed by atoms with Crippen LogP contribution in [0.2, 0.25) is 0 Å². The van der Waals surface area contributed by atoms with E-state index in [2.05, 4.69) is 15.0 Å². The van der Waals surface area contributed by atoms with Crippen LogP contribution >= 0.6 is 0 Å². The summed E-state index contributed by atoms with van der Waals surface area (Å²) in [7, 11) is 0. The minimum absolute atomic E-state index is 0.210. The van der Waals surface area contributed by atoms with Crippen molar-refractivity contribution < 1.29 is 27.1 Å². The first-order valence-corrected chi connectivity index (χ1v) is 7.52. The number of amides is 1. The molecule has 0 fully saturated rings. The lowest BCUT2D eigenvalue weighted by molar-refractivity contribution is -0.274. The van der Waals surface area contributed by atoms with Crippen LogP contribution in [0.15, 0.2) is 65.5 Å². The fraction of sp³-hybridized carbons (Fsp3) is 0.111. The van der Waals surface area contributed by atoms with Gasteiger partial charge in [0.15, 0.2) is 0 Å². The molecule has 3 aromatic rings. The van der Waals surface area contributed by atoms with Gasteiger partial charge >= 0.3 is 6.36 Å². The number of benzene rings is 1. The zero-order chi connectivity index (χ0) is 18.6. The van der Waals surface area contributed by atoms with Gasteiger partial charge < -0.3 is 14.5 Å². The molecule has 8 heteroatoms. The highest BCUT2D eigenvalue weighted by Crippen LogP contribution is 2.23. The van der Waals surface area contributed by atoms with Crippen molar-refractivity contribution in [1.29, 1.82) is 0 Å². The van der Waals surface area contributed by atoms with Crippen LogP contribution in [0.1, 0.15) is 15.9 Å². The SMILES string of the molecule is O=C(NCc1cncc(-c2ccco2)c1)c1ccc(OC(F)(F)F)cc1. The quantitative estimate of drug-likeness (QED) is 0.740. The summed E-state index contributed by atoms with van der Waals surface area (Å²) in [5.41, 5.74) is 1.74. The number of nitrogens with zero attached hydrogens (tertiary/aromatic N) is 1. The number of pyridine rings is 1. The Morgan fingerprint density at radius 2 is 1.92 bits per heavy atom. The van der Waals surface area contributed by atoms with Gasteiger partial charge in [0.05, 0.1) is 6.26 Å². The Balaban J connectivity index is 1.61. The van der Waals surface area contributed by atoms with E-state index < -0.39 is 12.3 Å². The van der Waals surface area contributed by atoms with Crippen LogP contribution in [0.25, 0.3) is 11.3 Å². The summed E-state index contributed by atoms with van der Waals surface area (Å²) in [6, 6.07) is 10.1. The summed E-state index contributed by atoms with van der Waals surface area (Å²) >= 11 is 0. The first-order chi connectivity index (χ1) is 12.4. The molecule has 3 rings (SSSR count). The summed E-state index contributed by atoms with van der Waals surface area (Å²) in [6.07, 6.45) is 0.0300. The Kier molecular flexibility index (Phi) is 4.92. The molecular weight excluding hydrogens is 349 g/mol. The predicted molar refractivity (Wildman–Crippen MR) is 86.2 cm³/mol. The summed E-state index contributed by atoms with van der Waals surface area (Å²) in [6.45, 7) is 0.210. The van der Waals surface area contributed by atoms with Crippen molar-refractivity contribution in [3.05, 3.63) is 72.2 Å². The summed E-state index contributed by atoms with van der Waals surface area (Å²) in [4.78, 5) is 16.2. The number of alkyl halides is 3. The first-order valence-electron chi connectivity index (χ1n) is 7.52. The van der Waals surface area contributed by atoms with E-state index >= 15 is 0 Å². The summed E-state index contributed by atoms with van der Waals surface area (Å²) in [5, 5.41) is 2.68. The average Bonchev–Trinajstić information content (AvgIpc) is 3.14. The van der Waals surface area contributed by atoms with Crippen molar-refractivity contribution in [2.24, 2.45) is 0 Å². The van der Waals surface area contributed by atoms with Crippen LogP contribution in [0.3, 0.4) is 0 Å². The highest BCUT2D eigenvalue weighted by Gasteiger charge is 2.31. The van der Waals surface area contributed by atoms with Crippen molar-refractivity contribution >= 4 is 5.91 Å². The third-order valence-corrected chi connectivity index (χ3v) is 3.40. The Morgan fingerprint density at radius 1 is 1.15 bits per heavy atom. The first kappa shape index (κ1) is 17.5. The second-order valence-corrected chi connectivity index (χ2v) is 5.31. The van der Waals surface area contributed by atoms with Crippen molar-refractivity contribution in [1.82, 2.24) is 10.3 Å². The summed E-state index contributed by atoms with van der Waals surface area (Å²) in [5.74, 6) is -0.151. The molecule has 0 atom stereocenters. The molecule has 134 valence electrons. The molecule has 0 radical (unpaired) electrons. The Bertz CT molecular complexity index is 875. The molecule has 0 spiro atoms. The van der Waals surface area contributed by atoms with Crippen LogP contribution < -0.4 is 10.1 Å². The zero-order valence-electron chi connectivity index (χ0n) is 13.3. The number of aromatic nitrogens is 1. The second kappa shape index (κ2) is 7.30. The van der Waals surface area contributed by atoms with Gasteiger partial charge in [-0.3, -0.25) is 9.78 Å². The van der Waals surface area contributed by atoms with Crippen molar-refractivity contribution in [3.8, 4) is 17.1 Å². The van der Waals surface area contributed by atoms with E-state index in [1.807, 2.05) is 6.07 Å². The number of hydrogen-bond donors (Lipinski definition) is 1. The zero-order valence-corrected chi connectivity index (χ0v) is 13.3. The Hall–Kier alpha value is -3.29. The van der Waals surface area contributed by atoms with Gasteiger partial charge in [-0.1, -0.05) is 0 Å². The molecule has 0 unspecified atom stereocenters. The van der Waals surface area contributed by atoms with E-state index in [-0.39, 0.29) is 17.9 Å². The van der Waals surface area contributed by atoms with Crippen LogP contribution in [-0.2, 0) is 6.54 Å². The maximum atomic E-state index is 12.1. The van der Waals surface area contributed by atoms with E-state index in [1.165, 1.54) is 12.1 Å². The van der Waals surface area contributed by atoms with Gasteiger partial charge in [0.2, 0.25) is 0 Å². The molecule has 0 aliphatic rings. The number of carbonyl (C=O) groups excluding carboxylic acids is 1. The predicted octanol–water partition coefficient (Wildman–Crippen LogP) is 4.17. The van der Waals surface area contributed by atoms with E-state index in [0.29, 0.717) is 5.76 Å². The normalized spacial score (nSPS) is 11.2. The van der Waals surface area contributed by atoms with Crippen molar-refractivity contribution in [3.63, 3.8) is 0 Å². The molecule has 0 aliphatic heterocycles. The molecule has 0 aliphatic carbocycles. The summed E-state index contributed by atoms with van der Waals surface area (Å²) < 4.78 is 45.4. The van der Waals surface area contributed by atoms with Crippen LogP contribution in [0.4, 0.5) is 13.2 Å². The lowest BCUT2D eigenvalue weighted by Gasteiger charge is -2.09. The molecule has 2 aromatic heterocycles. The molecule has 26 heavy (non-hydrogen) atoms. The molecule has 0 saturated heterocycles. The third-order valence-electron chi connectivity index (χ3n) is 3.40. The maximum absolute atomic E-state index is 12.1. The minimum atomic E-state index is -4.77. The number of furan rings is 1. The standard InChI is InChI=1S/C18H13F3N2O3/c19-18(20,21)26-15-5-3-13(4-6-15)17(24)23-10-12-8-14(11-22-9-12)16-2-1-7-25-16/h1-9,11H,10H2,(H,23,24). The molecular formula is C18H13F3N2O3. The minimum Gasteiger partial charge on any atom is -0.464 e. The van der Waals surface area contributed by atoms with Gasteiger partial charge in [-0.05, 0) is 48.0 Å². The van der Waals surface area contributed by atoms with E-state index in [1.54, 1.807) is 30.8 Å². The monoisotopic (exact) mass is 362 g/mol. The van der Waals surface area contributed by atoms with Crippen LogP contribution in [0.5, 0.6) is 5.75 Å². The number of ether oxygens (including phenoxy) is 1. The van der Waals surface area contributed by atoms with Crippen molar-refractivity contribution in [2.75, 3.05) is 0 Å². The average molecular weight is 362 g/mol. The van der Waals surface area contributed by atoms with Gasteiger partial charge in [0, 0.05) is 30.1 Å². The Labute approximate surface area is 146 Å². The van der Waals surface area contributed by atoms with Gasteiger partial charge in [0.25, 0.3) is 5.91 Å². The molecule has 2 heterocycles. The van der Waals surface area contributed by atoms with E-state index in [0.717, 1.165) is 23.3 Å². The van der Waals surface area contributed by atoms with Crippen molar-refractivity contribution in [2.45, 2.75) is 12.9 Å². The fourth-order valence-corrected chi connectivity index (χ4v) is 2.25. The molecule has 0 bridgehead atoms. The van der Waals surface area contributed by atoms with Crippen LogP contribution in [0, 0.1) is 0 Å². The van der Waals surface area contributed by atoms with Gasteiger partial charge in [0.1, 0.15) is 11.5 Å². The number of hydrogen-bond acceptors (Lipinski definition) is 4. The molecule has 0 saturated carbocycles. The number of nitrogens with one attached hydrogen (secondary N) is 1. The lowest BCUT2D eigenvalue weighted by atomic mass is 10.1.